The van der Waals surface area contributed by atoms with Gasteiger partial charge in [-0.15, -0.1) is 11.3 Å². The fraction of sp³-hybridized carbons (Fsp3) is 0.389. The predicted molar refractivity (Wildman–Crippen MR) is 100 cm³/mol. The molecule has 1 fully saturated rings. The molecule has 25 heavy (non-hydrogen) atoms. The van der Waals surface area contributed by atoms with E-state index < -0.39 is 0 Å². The van der Waals surface area contributed by atoms with Crippen molar-refractivity contribution in [1.82, 2.24) is 19.3 Å². The summed E-state index contributed by atoms with van der Waals surface area (Å²) in [5.74, 6) is 0.776. The highest BCUT2D eigenvalue weighted by atomic mass is 32.1. The molecule has 1 aliphatic heterocycles. The van der Waals surface area contributed by atoms with E-state index in [0.717, 1.165) is 50.7 Å². The molecule has 1 saturated heterocycles. The van der Waals surface area contributed by atoms with Crippen molar-refractivity contribution < 1.29 is 0 Å². The average Bonchev–Trinajstić information content (AvgIpc) is 3.10. The molecule has 0 amide bonds. The smallest absolute Gasteiger partial charge is 0.259 e. The minimum absolute atomic E-state index is 0.0300. The van der Waals surface area contributed by atoms with Crippen molar-refractivity contribution >= 4 is 22.8 Å². The molecule has 0 radical (unpaired) electrons. The number of fused-ring (bicyclic) bond motifs is 1. The first-order valence-electron chi connectivity index (χ1n) is 8.62. The molecule has 0 atom stereocenters. The number of aryl methyl sites for hydroxylation is 1. The highest BCUT2D eigenvalue weighted by molar-refractivity contribution is 7.09. The van der Waals surface area contributed by atoms with Crippen LogP contribution in [0, 0.1) is 0 Å². The summed E-state index contributed by atoms with van der Waals surface area (Å²) in [4.78, 5) is 26.2. The first kappa shape index (κ1) is 16.2. The molecule has 0 aromatic carbocycles. The third kappa shape index (κ3) is 3.43. The quantitative estimate of drug-likeness (QED) is 0.717. The lowest BCUT2D eigenvalue weighted by Gasteiger charge is -2.35. The average molecular weight is 355 g/mol. The zero-order chi connectivity index (χ0) is 17.2. The van der Waals surface area contributed by atoms with Crippen molar-refractivity contribution in [3.05, 3.63) is 56.9 Å². The Hall–Kier alpha value is -2.25. The zero-order valence-corrected chi connectivity index (χ0v) is 15.1. The van der Waals surface area contributed by atoms with Crippen molar-refractivity contribution in [2.75, 3.05) is 31.1 Å². The molecular formula is C18H21N5OS. The van der Waals surface area contributed by atoms with Crippen LogP contribution in [0.1, 0.15) is 17.6 Å². The first-order chi connectivity index (χ1) is 12.2. The van der Waals surface area contributed by atoms with E-state index in [2.05, 4.69) is 32.1 Å². The van der Waals surface area contributed by atoms with Crippen LogP contribution < -0.4 is 10.5 Å². The summed E-state index contributed by atoms with van der Waals surface area (Å²) < 4.78 is 1.58. The maximum absolute atomic E-state index is 12.3. The predicted octanol–water partition coefficient (Wildman–Crippen LogP) is 2.04. The SMILES string of the molecule is CCc1nc(CN2CCN(c3cc(=O)n4ccccc4n3)CC2)cs1. The topological polar surface area (TPSA) is 53.7 Å². The van der Waals surface area contributed by atoms with Gasteiger partial charge in [-0.2, -0.15) is 0 Å². The van der Waals surface area contributed by atoms with Crippen LogP contribution in [0.2, 0.25) is 0 Å². The van der Waals surface area contributed by atoms with E-state index >= 15 is 0 Å². The number of rotatable bonds is 4. The highest BCUT2D eigenvalue weighted by Gasteiger charge is 2.19. The van der Waals surface area contributed by atoms with E-state index in [1.807, 2.05) is 18.2 Å². The highest BCUT2D eigenvalue weighted by Crippen LogP contribution is 2.16. The molecule has 3 aromatic heterocycles. The molecule has 4 rings (SSSR count). The summed E-state index contributed by atoms with van der Waals surface area (Å²) in [6.07, 6.45) is 2.76. The van der Waals surface area contributed by atoms with Crippen LogP contribution in [0.4, 0.5) is 5.82 Å². The second-order valence-corrected chi connectivity index (χ2v) is 7.17. The van der Waals surface area contributed by atoms with E-state index in [-0.39, 0.29) is 5.56 Å². The number of pyridine rings is 1. The lowest BCUT2D eigenvalue weighted by molar-refractivity contribution is 0.247. The Balaban J connectivity index is 1.44. The fourth-order valence-corrected chi connectivity index (χ4v) is 3.89. The monoisotopic (exact) mass is 355 g/mol. The van der Waals surface area contributed by atoms with Gasteiger partial charge in [-0.1, -0.05) is 13.0 Å². The molecule has 4 heterocycles. The third-order valence-electron chi connectivity index (χ3n) is 4.54. The van der Waals surface area contributed by atoms with Gasteiger partial charge in [0.1, 0.15) is 11.5 Å². The molecule has 3 aromatic rings. The van der Waals surface area contributed by atoms with Crippen molar-refractivity contribution in [2.45, 2.75) is 19.9 Å². The van der Waals surface area contributed by atoms with Crippen molar-refractivity contribution in [2.24, 2.45) is 0 Å². The summed E-state index contributed by atoms with van der Waals surface area (Å²) in [6, 6.07) is 7.25. The molecule has 7 heteroatoms. The molecule has 130 valence electrons. The number of hydrogen-bond acceptors (Lipinski definition) is 6. The number of anilines is 1. The van der Waals surface area contributed by atoms with Gasteiger partial charge in [0.15, 0.2) is 0 Å². The van der Waals surface area contributed by atoms with Crippen LogP contribution in [0.25, 0.3) is 5.65 Å². The van der Waals surface area contributed by atoms with Crippen LogP contribution in [-0.4, -0.2) is 45.4 Å². The Morgan fingerprint density at radius 2 is 2.00 bits per heavy atom. The number of hydrogen-bond donors (Lipinski definition) is 0. The van der Waals surface area contributed by atoms with E-state index in [1.165, 1.54) is 5.01 Å². The normalized spacial score (nSPS) is 15.8. The van der Waals surface area contributed by atoms with Gasteiger partial charge in [0.25, 0.3) is 5.56 Å². The maximum atomic E-state index is 12.3. The van der Waals surface area contributed by atoms with Crippen LogP contribution in [0.5, 0.6) is 0 Å². The molecule has 1 aliphatic rings. The Bertz CT molecular complexity index is 926. The molecule has 0 spiro atoms. The van der Waals surface area contributed by atoms with Gasteiger partial charge < -0.3 is 4.90 Å². The third-order valence-corrected chi connectivity index (χ3v) is 5.58. The minimum atomic E-state index is -0.0300. The van der Waals surface area contributed by atoms with Crippen LogP contribution >= 0.6 is 11.3 Å². The molecule has 0 bridgehead atoms. The molecule has 0 unspecified atom stereocenters. The number of thiazole rings is 1. The van der Waals surface area contributed by atoms with Crippen LogP contribution in [0.15, 0.2) is 40.6 Å². The fourth-order valence-electron chi connectivity index (χ4n) is 3.15. The molecule has 0 saturated carbocycles. The molecular weight excluding hydrogens is 334 g/mol. The first-order valence-corrected chi connectivity index (χ1v) is 9.50. The lowest BCUT2D eigenvalue weighted by Crippen LogP contribution is -2.46. The van der Waals surface area contributed by atoms with Gasteiger partial charge in [-0.05, 0) is 18.6 Å². The Labute approximate surface area is 150 Å². The molecule has 0 aliphatic carbocycles. The summed E-state index contributed by atoms with van der Waals surface area (Å²) in [5.41, 5.74) is 1.83. The van der Waals surface area contributed by atoms with E-state index in [0.29, 0.717) is 5.65 Å². The largest absolute Gasteiger partial charge is 0.354 e. The van der Waals surface area contributed by atoms with Crippen molar-refractivity contribution in [3.8, 4) is 0 Å². The van der Waals surface area contributed by atoms with Gasteiger partial charge >= 0.3 is 0 Å². The van der Waals surface area contributed by atoms with Crippen LogP contribution in [0.3, 0.4) is 0 Å². The maximum Gasteiger partial charge on any atom is 0.259 e. The summed E-state index contributed by atoms with van der Waals surface area (Å²) >= 11 is 1.74. The van der Waals surface area contributed by atoms with Gasteiger partial charge in [0, 0.05) is 50.4 Å². The summed E-state index contributed by atoms with van der Waals surface area (Å²) in [5, 5.41) is 3.37. The zero-order valence-electron chi connectivity index (χ0n) is 14.3. The van der Waals surface area contributed by atoms with E-state index in [4.69, 9.17) is 0 Å². The van der Waals surface area contributed by atoms with Gasteiger partial charge in [0.2, 0.25) is 0 Å². The summed E-state index contributed by atoms with van der Waals surface area (Å²) in [7, 11) is 0. The minimum Gasteiger partial charge on any atom is -0.354 e. The number of aromatic nitrogens is 3. The van der Waals surface area contributed by atoms with Gasteiger partial charge in [-0.3, -0.25) is 14.1 Å². The lowest BCUT2D eigenvalue weighted by atomic mass is 10.3. The van der Waals surface area contributed by atoms with Gasteiger partial charge in [-0.25, -0.2) is 9.97 Å². The van der Waals surface area contributed by atoms with Crippen LogP contribution in [-0.2, 0) is 13.0 Å². The molecule has 6 nitrogen and oxygen atoms in total. The Morgan fingerprint density at radius 3 is 2.76 bits per heavy atom. The second-order valence-electron chi connectivity index (χ2n) is 6.23. The number of piperazine rings is 1. The second kappa shape index (κ2) is 6.93. The molecule has 0 N–H and O–H groups in total. The van der Waals surface area contributed by atoms with Gasteiger partial charge in [0.05, 0.1) is 10.7 Å². The van der Waals surface area contributed by atoms with Crippen molar-refractivity contribution in [3.63, 3.8) is 0 Å². The summed E-state index contributed by atoms with van der Waals surface area (Å²) in [6.45, 7) is 6.70. The Morgan fingerprint density at radius 1 is 1.16 bits per heavy atom. The van der Waals surface area contributed by atoms with E-state index in [9.17, 15) is 4.79 Å². The standard InChI is InChI=1S/C18H21N5OS/c1-2-17-19-14(13-25-17)12-21-7-9-22(10-8-21)16-11-18(24)23-6-4-3-5-15(23)20-16/h3-6,11,13H,2,7-10,12H2,1H3. The number of nitrogens with zero attached hydrogens (tertiary/aromatic N) is 5. The van der Waals surface area contributed by atoms with Crippen molar-refractivity contribution in [1.29, 1.82) is 0 Å². The Kier molecular flexibility index (Phi) is 4.50. The van der Waals surface area contributed by atoms with E-state index in [1.54, 1.807) is 28.0 Å².